The van der Waals surface area contributed by atoms with Crippen molar-refractivity contribution in [2.45, 2.75) is 43.3 Å². The van der Waals surface area contributed by atoms with Gasteiger partial charge in [-0.2, -0.15) is 0 Å². The standard InChI is InChI=1S/C18H21ClN6O3S/c19-12-4-7-15(25(27)28)14(10-12)20-16(26)11-29-18-22-21-17(24(18)13-5-6-13)23-8-2-1-3-9-23/h4,7,10,13H,1-3,5-6,8-9,11H2,(H,20,26). The predicted octanol–water partition coefficient (Wildman–Crippen LogP) is 3.90. The number of nitro groups is 1. The number of amides is 1. The first-order valence-electron chi connectivity index (χ1n) is 9.59. The fourth-order valence-corrected chi connectivity index (χ4v) is 4.39. The summed E-state index contributed by atoms with van der Waals surface area (Å²) in [6.07, 6.45) is 5.73. The van der Waals surface area contributed by atoms with Gasteiger partial charge in [0.25, 0.3) is 5.69 Å². The Morgan fingerprint density at radius 1 is 1.28 bits per heavy atom. The van der Waals surface area contributed by atoms with Crippen LogP contribution in [0.5, 0.6) is 0 Å². The molecule has 1 aromatic carbocycles. The van der Waals surface area contributed by atoms with E-state index in [0.717, 1.165) is 44.7 Å². The summed E-state index contributed by atoms with van der Waals surface area (Å²) < 4.78 is 2.14. The van der Waals surface area contributed by atoms with Gasteiger partial charge in [0, 0.05) is 30.2 Å². The van der Waals surface area contributed by atoms with Crippen LogP contribution in [0.15, 0.2) is 23.4 Å². The number of thioether (sulfide) groups is 1. The van der Waals surface area contributed by atoms with E-state index in [2.05, 4.69) is 25.0 Å². The molecule has 1 saturated heterocycles. The van der Waals surface area contributed by atoms with Crippen LogP contribution in [0.1, 0.15) is 38.1 Å². The van der Waals surface area contributed by atoms with Crippen LogP contribution in [0.25, 0.3) is 0 Å². The van der Waals surface area contributed by atoms with Crippen molar-refractivity contribution in [3.8, 4) is 0 Å². The highest BCUT2D eigenvalue weighted by Crippen LogP contribution is 2.41. The third-order valence-electron chi connectivity index (χ3n) is 4.96. The Hall–Kier alpha value is -2.33. The van der Waals surface area contributed by atoms with Gasteiger partial charge >= 0.3 is 0 Å². The molecule has 2 fully saturated rings. The average Bonchev–Trinajstić information content (AvgIpc) is 3.45. The molecule has 1 N–H and O–H groups in total. The van der Waals surface area contributed by atoms with E-state index >= 15 is 0 Å². The summed E-state index contributed by atoms with van der Waals surface area (Å²) in [4.78, 5) is 25.3. The van der Waals surface area contributed by atoms with Gasteiger partial charge in [-0.1, -0.05) is 23.4 Å². The first-order valence-corrected chi connectivity index (χ1v) is 11.0. The molecular formula is C18H21ClN6O3S. The highest BCUT2D eigenvalue weighted by atomic mass is 35.5. The minimum absolute atomic E-state index is 0.0779. The second-order valence-electron chi connectivity index (χ2n) is 7.19. The van der Waals surface area contributed by atoms with Crippen LogP contribution in [0.3, 0.4) is 0 Å². The van der Waals surface area contributed by atoms with Gasteiger partial charge in [-0.05, 0) is 44.2 Å². The lowest BCUT2D eigenvalue weighted by atomic mass is 10.1. The Labute approximate surface area is 177 Å². The number of piperidine rings is 1. The van der Waals surface area contributed by atoms with Crippen molar-refractivity contribution in [2.75, 3.05) is 29.1 Å². The predicted molar refractivity (Wildman–Crippen MR) is 112 cm³/mol. The highest BCUT2D eigenvalue weighted by Gasteiger charge is 2.32. The van der Waals surface area contributed by atoms with E-state index in [0.29, 0.717) is 16.2 Å². The van der Waals surface area contributed by atoms with Gasteiger partial charge < -0.3 is 10.2 Å². The minimum Gasteiger partial charge on any atom is -0.341 e. The zero-order valence-electron chi connectivity index (χ0n) is 15.7. The molecule has 1 aromatic heterocycles. The molecule has 0 atom stereocenters. The first-order chi connectivity index (χ1) is 14.0. The van der Waals surface area contributed by atoms with Gasteiger partial charge in [-0.15, -0.1) is 10.2 Å². The smallest absolute Gasteiger partial charge is 0.292 e. The molecule has 1 saturated carbocycles. The maximum absolute atomic E-state index is 12.4. The Morgan fingerprint density at radius 2 is 2.03 bits per heavy atom. The van der Waals surface area contributed by atoms with Gasteiger partial charge in [0.05, 0.1) is 10.7 Å². The summed E-state index contributed by atoms with van der Waals surface area (Å²) in [5.41, 5.74) is -0.105. The van der Waals surface area contributed by atoms with Crippen molar-refractivity contribution in [1.82, 2.24) is 14.8 Å². The van der Waals surface area contributed by atoms with E-state index in [1.165, 1.54) is 36.4 Å². The summed E-state index contributed by atoms with van der Waals surface area (Å²) in [6, 6.07) is 4.47. The van der Waals surface area contributed by atoms with Crippen molar-refractivity contribution in [2.24, 2.45) is 0 Å². The molecule has 0 unspecified atom stereocenters. The Bertz CT molecular complexity index is 926. The van der Waals surface area contributed by atoms with Crippen molar-refractivity contribution in [1.29, 1.82) is 0 Å². The molecule has 11 heteroatoms. The highest BCUT2D eigenvalue weighted by molar-refractivity contribution is 7.99. The number of aromatic nitrogens is 3. The molecule has 4 rings (SSSR count). The number of rotatable bonds is 7. The van der Waals surface area contributed by atoms with Crippen LogP contribution < -0.4 is 10.2 Å². The van der Waals surface area contributed by atoms with Crippen molar-refractivity contribution >= 4 is 46.6 Å². The molecule has 1 aliphatic heterocycles. The number of nitro benzene ring substituents is 1. The molecule has 9 nitrogen and oxygen atoms in total. The van der Waals surface area contributed by atoms with Crippen LogP contribution in [0.2, 0.25) is 5.02 Å². The molecule has 1 amide bonds. The lowest BCUT2D eigenvalue weighted by Gasteiger charge is -2.27. The second kappa shape index (κ2) is 8.58. The average molecular weight is 437 g/mol. The molecule has 29 heavy (non-hydrogen) atoms. The maximum atomic E-state index is 12.4. The molecule has 0 spiro atoms. The van der Waals surface area contributed by atoms with Gasteiger partial charge in [-0.3, -0.25) is 19.5 Å². The SMILES string of the molecule is O=C(CSc1nnc(N2CCCCC2)n1C1CC1)Nc1cc(Cl)ccc1[N+](=O)[O-]. The van der Waals surface area contributed by atoms with E-state index < -0.39 is 4.92 Å². The zero-order valence-corrected chi connectivity index (χ0v) is 17.3. The Balaban J connectivity index is 1.44. The van der Waals surface area contributed by atoms with E-state index in [1.54, 1.807) is 0 Å². The third kappa shape index (κ3) is 4.64. The van der Waals surface area contributed by atoms with Gasteiger partial charge in [0.2, 0.25) is 11.9 Å². The molecule has 1 aliphatic carbocycles. The zero-order chi connectivity index (χ0) is 20.4. The van der Waals surface area contributed by atoms with Crippen LogP contribution in [0.4, 0.5) is 17.3 Å². The van der Waals surface area contributed by atoms with Crippen molar-refractivity contribution in [3.05, 3.63) is 33.3 Å². The van der Waals surface area contributed by atoms with E-state index in [4.69, 9.17) is 11.6 Å². The van der Waals surface area contributed by atoms with Gasteiger partial charge in [-0.25, -0.2) is 0 Å². The van der Waals surface area contributed by atoms with Gasteiger partial charge in [0.1, 0.15) is 5.69 Å². The van der Waals surface area contributed by atoms with Crippen LogP contribution >= 0.6 is 23.4 Å². The summed E-state index contributed by atoms with van der Waals surface area (Å²) >= 11 is 7.21. The number of carbonyl (C=O) groups is 1. The number of halogens is 1. The molecule has 2 aromatic rings. The van der Waals surface area contributed by atoms with Gasteiger partial charge in [0.15, 0.2) is 5.16 Å². The number of benzene rings is 1. The molecule has 2 heterocycles. The second-order valence-corrected chi connectivity index (χ2v) is 8.57. The number of hydrogen-bond acceptors (Lipinski definition) is 7. The normalized spacial score (nSPS) is 16.7. The topological polar surface area (TPSA) is 106 Å². The number of carbonyl (C=O) groups excluding carboxylic acids is 1. The molecule has 2 aliphatic rings. The minimum atomic E-state index is -0.548. The summed E-state index contributed by atoms with van der Waals surface area (Å²) in [5.74, 6) is 0.611. The van der Waals surface area contributed by atoms with E-state index in [1.807, 2.05) is 0 Å². The van der Waals surface area contributed by atoms with Crippen molar-refractivity contribution in [3.63, 3.8) is 0 Å². The van der Waals surface area contributed by atoms with Crippen molar-refractivity contribution < 1.29 is 9.72 Å². The summed E-state index contributed by atoms with van der Waals surface area (Å²) in [5, 5.41) is 23.5. The Morgan fingerprint density at radius 3 is 2.72 bits per heavy atom. The maximum Gasteiger partial charge on any atom is 0.292 e. The quantitative estimate of drug-likeness (QED) is 0.398. The number of anilines is 2. The van der Waals surface area contributed by atoms with Crippen LogP contribution in [-0.4, -0.2) is 44.4 Å². The fraction of sp³-hybridized carbons (Fsp3) is 0.500. The Kier molecular flexibility index (Phi) is 5.91. The third-order valence-corrected chi connectivity index (χ3v) is 6.14. The van der Waals surface area contributed by atoms with E-state index in [9.17, 15) is 14.9 Å². The largest absolute Gasteiger partial charge is 0.341 e. The fourth-order valence-electron chi connectivity index (χ4n) is 3.41. The number of nitrogens with one attached hydrogen (secondary N) is 1. The lowest BCUT2D eigenvalue weighted by molar-refractivity contribution is -0.383. The molecular weight excluding hydrogens is 416 g/mol. The summed E-state index contributed by atoms with van der Waals surface area (Å²) in [6.45, 7) is 1.96. The monoisotopic (exact) mass is 436 g/mol. The van der Waals surface area contributed by atoms with E-state index in [-0.39, 0.29) is 23.0 Å². The van der Waals surface area contributed by atoms with Crippen LogP contribution in [0, 0.1) is 10.1 Å². The number of hydrogen-bond donors (Lipinski definition) is 1. The molecule has 154 valence electrons. The number of nitrogens with zero attached hydrogens (tertiary/aromatic N) is 5. The summed E-state index contributed by atoms with van der Waals surface area (Å²) in [7, 11) is 0. The molecule has 0 radical (unpaired) electrons. The lowest BCUT2D eigenvalue weighted by Crippen LogP contribution is -2.32. The first kappa shape index (κ1) is 20.0. The van der Waals surface area contributed by atoms with Crippen LogP contribution in [-0.2, 0) is 4.79 Å². The molecule has 0 bridgehead atoms.